The third-order valence-electron chi connectivity index (χ3n) is 8.47. The molecule has 1 fully saturated rings. The molecule has 9 nitrogen and oxygen atoms in total. The number of benzene rings is 3. The van der Waals surface area contributed by atoms with Crippen LogP contribution in [0, 0.1) is 5.92 Å². The Morgan fingerprint density at radius 3 is 2.12 bits per heavy atom. The van der Waals surface area contributed by atoms with E-state index in [0.717, 1.165) is 40.8 Å². The number of ether oxygens (including phenoxy) is 3. The van der Waals surface area contributed by atoms with E-state index < -0.39 is 23.8 Å². The standard InChI is InChI=1S/C33H38N2O7.C4H7F.C2H6/c1-3-21-6-5-7-22(4-2)31(21)34-29(37)20-35-19-26(24-10-13-27-28(18-24)42-17-16-41-27)30(33(38)39)32(35)23-8-11-25(12-9-23)40-15-14-36;1-3-4(2)5;1-2/h5-13,18,26,30,32,36H,3-4,14-17,19-20H2,1-2H3,(H,34,37)(H,38,39);3H,1-2H3;1-2H3/b;4-3+;/t26-,30-,32+;;/m1../s1. The minimum absolute atomic E-state index is 0.0272. The molecule has 2 aliphatic heterocycles. The van der Waals surface area contributed by atoms with Crippen molar-refractivity contribution in [3.8, 4) is 17.2 Å². The number of rotatable bonds is 11. The average Bonchev–Trinajstić information content (AvgIpc) is 3.51. The maximum atomic E-state index is 13.6. The second-order valence-electron chi connectivity index (χ2n) is 11.5. The lowest BCUT2D eigenvalue weighted by molar-refractivity contribution is -0.143. The lowest BCUT2D eigenvalue weighted by Gasteiger charge is -2.27. The first-order chi connectivity index (χ1) is 23.7. The van der Waals surface area contributed by atoms with Crippen LogP contribution in [0.2, 0.25) is 0 Å². The van der Waals surface area contributed by atoms with Crippen molar-refractivity contribution in [1.29, 1.82) is 0 Å². The molecule has 266 valence electrons. The van der Waals surface area contributed by atoms with Gasteiger partial charge in [0.1, 0.15) is 25.6 Å². The Labute approximate surface area is 289 Å². The molecule has 0 aliphatic carbocycles. The topological polar surface area (TPSA) is 118 Å². The highest BCUT2D eigenvalue weighted by atomic mass is 19.1. The second-order valence-corrected chi connectivity index (χ2v) is 11.5. The zero-order valence-corrected chi connectivity index (χ0v) is 29.5. The largest absolute Gasteiger partial charge is 0.491 e. The number of carbonyl (C=O) groups excluding carboxylic acids is 1. The van der Waals surface area contributed by atoms with Crippen LogP contribution in [0.3, 0.4) is 0 Å². The number of aliphatic carboxylic acids is 1. The number of aliphatic hydroxyl groups is 1. The van der Waals surface area contributed by atoms with Crippen molar-refractivity contribution in [1.82, 2.24) is 4.90 Å². The van der Waals surface area contributed by atoms with Gasteiger partial charge in [0.2, 0.25) is 5.91 Å². The van der Waals surface area contributed by atoms with Crippen LogP contribution in [0.5, 0.6) is 17.2 Å². The monoisotopic (exact) mass is 678 g/mol. The third kappa shape index (κ3) is 10.3. The van der Waals surface area contributed by atoms with Crippen molar-refractivity contribution in [3.63, 3.8) is 0 Å². The predicted octanol–water partition coefficient (Wildman–Crippen LogP) is 7.34. The van der Waals surface area contributed by atoms with Crippen molar-refractivity contribution in [2.24, 2.45) is 5.92 Å². The Morgan fingerprint density at radius 2 is 1.57 bits per heavy atom. The number of likely N-dealkylation sites (tertiary alicyclic amines) is 1. The molecular weight excluding hydrogens is 627 g/mol. The lowest BCUT2D eigenvalue weighted by atomic mass is 9.82. The van der Waals surface area contributed by atoms with Crippen molar-refractivity contribution in [2.75, 3.05) is 44.8 Å². The van der Waals surface area contributed by atoms with Gasteiger partial charge in [-0.25, -0.2) is 4.39 Å². The van der Waals surface area contributed by atoms with Gasteiger partial charge < -0.3 is 29.7 Å². The SMILES string of the molecule is C/C=C(\C)F.CC.CCc1cccc(CC)c1NC(=O)CN1C[C@H](c2ccc3c(c2)OCCO3)[C@@H](C(=O)O)[C@@H]1c1ccc(OCCO)cc1. The van der Waals surface area contributed by atoms with Crippen LogP contribution < -0.4 is 19.5 Å². The number of carbonyl (C=O) groups is 2. The number of anilines is 1. The summed E-state index contributed by atoms with van der Waals surface area (Å²) >= 11 is 0. The van der Waals surface area contributed by atoms with Gasteiger partial charge in [0.25, 0.3) is 0 Å². The number of amides is 1. The van der Waals surface area contributed by atoms with Crippen LogP contribution in [-0.4, -0.2) is 66.5 Å². The van der Waals surface area contributed by atoms with E-state index in [-0.39, 0.29) is 31.5 Å². The van der Waals surface area contributed by atoms with Gasteiger partial charge >= 0.3 is 5.97 Å². The predicted molar refractivity (Wildman–Crippen MR) is 190 cm³/mol. The molecule has 0 aromatic heterocycles. The summed E-state index contributed by atoms with van der Waals surface area (Å²) < 4.78 is 28.3. The Hall–Kier alpha value is -4.41. The van der Waals surface area contributed by atoms with Crippen molar-refractivity contribution >= 4 is 17.6 Å². The first kappa shape index (κ1) is 39.0. The number of fused-ring (bicyclic) bond motifs is 1. The minimum Gasteiger partial charge on any atom is -0.491 e. The maximum absolute atomic E-state index is 13.6. The van der Waals surface area contributed by atoms with Gasteiger partial charge in [0.05, 0.1) is 24.9 Å². The first-order valence-electron chi connectivity index (χ1n) is 17.1. The fourth-order valence-corrected chi connectivity index (χ4v) is 6.11. The number of aryl methyl sites for hydroxylation is 2. The second kappa shape index (κ2) is 19.6. The van der Waals surface area contributed by atoms with Crippen LogP contribution in [0.1, 0.15) is 75.8 Å². The number of carboxylic acid groups (broad SMARTS) is 1. The molecule has 3 N–H and O–H groups in total. The molecule has 0 spiro atoms. The molecule has 0 unspecified atom stereocenters. The van der Waals surface area contributed by atoms with Crippen LogP contribution in [0.25, 0.3) is 0 Å². The van der Waals surface area contributed by atoms with Crippen molar-refractivity contribution in [3.05, 3.63) is 94.8 Å². The Morgan fingerprint density at radius 1 is 0.980 bits per heavy atom. The molecule has 0 bridgehead atoms. The number of hydrogen-bond donors (Lipinski definition) is 3. The van der Waals surface area contributed by atoms with E-state index in [2.05, 4.69) is 19.2 Å². The Balaban J connectivity index is 0.000000852. The number of nitrogens with zero attached hydrogens (tertiary/aromatic N) is 1. The number of para-hydroxylation sites is 1. The van der Waals surface area contributed by atoms with Gasteiger partial charge in [-0.3, -0.25) is 14.5 Å². The number of allylic oxidation sites excluding steroid dienone is 2. The minimum atomic E-state index is -0.937. The zero-order chi connectivity index (χ0) is 35.9. The van der Waals surface area contributed by atoms with E-state index in [1.807, 2.05) is 67.3 Å². The highest BCUT2D eigenvalue weighted by Gasteiger charge is 2.48. The van der Waals surface area contributed by atoms with Crippen LogP contribution >= 0.6 is 0 Å². The molecule has 2 heterocycles. The van der Waals surface area contributed by atoms with Gasteiger partial charge in [-0.15, -0.1) is 0 Å². The van der Waals surface area contributed by atoms with Crippen LogP contribution in [-0.2, 0) is 22.4 Å². The summed E-state index contributed by atoms with van der Waals surface area (Å²) in [7, 11) is 0. The molecule has 3 aromatic carbocycles. The number of halogens is 1. The highest BCUT2D eigenvalue weighted by Crippen LogP contribution is 2.47. The summed E-state index contributed by atoms with van der Waals surface area (Å²) in [4.78, 5) is 28.5. The van der Waals surface area contributed by atoms with E-state index in [0.29, 0.717) is 37.0 Å². The Bertz CT molecular complexity index is 1520. The number of nitrogens with one attached hydrogen (secondary N) is 1. The first-order valence-corrected chi connectivity index (χ1v) is 17.1. The maximum Gasteiger partial charge on any atom is 0.309 e. The molecule has 0 saturated carbocycles. The summed E-state index contributed by atoms with van der Waals surface area (Å²) in [5, 5.41) is 22.8. The molecular formula is C39H51FN2O7. The summed E-state index contributed by atoms with van der Waals surface area (Å²) in [5.41, 5.74) is 4.57. The molecule has 3 atom stereocenters. The third-order valence-corrected chi connectivity index (χ3v) is 8.47. The lowest BCUT2D eigenvalue weighted by Crippen LogP contribution is -2.35. The summed E-state index contributed by atoms with van der Waals surface area (Å²) in [5.74, 6) is -0.641. The molecule has 3 aromatic rings. The highest BCUT2D eigenvalue weighted by molar-refractivity contribution is 5.94. The average molecular weight is 679 g/mol. The fourth-order valence-electron chi connectivity index (χ4n) is 6.11. The van der Waals surface area contributed by atoms with Crippen LogP contribution in [0.4, 0.5) is 10.1 Å². The Kier molecular flexibility index (Phi) is 15.6. The smallest absolute Gasteiger partial charge is 0.309 e. The quantitative estimate of drug-likeness (QED) is 0.193. The molecule has 10 heteroatoms. The molecule has 1 saturated heterocycles. The van der Waals surface area contributed by atoms with Crippen molar-refractivity contribution < 1.29 is 38.4 Å². The van der Waals surface area contributed by atoms with Gasteiger partial charge in [-0.2, -0.15) is 0 Å². The molecule has 0 radical (unpaired) electrons. The summed E-state index contributed by atoms with van der Waals surface area (Å²) in [6, 6.07) is 18.3. The van der Waals surface area contributed by atoms with Gasteiger partial charge in [0.15, 0.2) is 11.5 Å². The normalized spacial score (nSPS) is 18.4. The number of hydrogen-bond acceptors (Lipinski definition) is 7. The van der Waals surface area contributed by atoms with Crippen molar-refractivity contribution in [2.45, 2.75) is 66.3 Å². The van der Waals surface area contributed by atoms with E-state index in [9.17, 15) is 19.1 Å². The van der Waals surface area contributed by atoms with E-state index >= 15 is 0 Å². The van der Waals surface area contributed by atoms with Gasteiger partial charge in [-0.05, 0) is 73.2 Å². The number of carboxylic acids is 1. The fraction of sp³-hybridized carbons (Fsp3) is 0.436. The van der Waals surface area contributed by atoms with E-state index in [1.54, 1.807) is 19.1 Å². The van der Waals surface area contributed by atoms with E-state index in [1.165, 1.54) is 13.0 Å². The van der Waals surface area contributed by atoms with Crippen LogP contribution in [0.15, 0.2) is 72.6 Å². The molecule has 49 heavy (non-hydrogen) atoms. The molecule has 1 amide bonds. The summed E-state index contributed by atoms with van der Waals surface area (Å²) in [6.07, 6.45) is 2.99. The van der Waals surface area contributed by atoms with Gasteiger partial charge in [0, 0.05) is 24.2 Å². The molecule has 5 rings (SSSR count). The molecule has 2 aliphatic rings. The van der Waals surface area contributed by atoms with E-state index in [4.69, 9.17) is 19.3 Å². The number of aliphatic hydroxyl groups excluding tert-OH is 1. The van der Waals surface area contributed by atoms with Gasteiger partial charge in [-0.1, -0.05) is 70.2 Å². The summed E-state index contributed by atoms with van der Waals surface area (Å²) in [6.45, 7) is 12.6. The zero-order valence-electron chi connectivity index (χ0n) is 29.5.